The van der Waals surface area contributed by atoms with Crippen molar-refractivity contribution in [2.75, 3.05) is 26.6 Å². The number of hydrogen-bond acceptors (Lipinski definition) is 6. The molecule has 0 saturated carbocycles. The SMILES string of the molecule is O=C(CC(C(=O)OCCCF)S(=O)(=O)O)OCCCF. The van der Waals surface area contributed by atoms with Gasteiger partial charge in [0, 0.05) is 12.8 Å². The van der Waals surface area contributed by atoms with Crippen LogP contribution in [0.5, 0.6) is 0 Å². The van der Waals surface area contributed by atoms with Crippen LogP contribution in [0.2, 0.25) is 0 Å². The number of alkyl halides is 2. The molecule has 0 rings (SSSR count). The molecule has 0 aromatic carbocycles. The van der Waals surface area contributed by atoms with Crippen LogP contribution >= 0.6 is 0 Å². The Labute approximate surface area is 115 Å². The van der Waals surface area contributed by atoms with Crippen molar-refractivity contribution in [3.8, 4) is 0 Å². The fourth-order valence-electron chi connectivity index (χ4n) is 1.08. The molecule has 1 N–H and O–H groups in total. The molecule has 1 atom stereocenters. The highest BCUT2D eigenvalue weighted by Crippen LogP contribution is 2.09. The van der Waals surface area contributed by atoms with Gasteiger partial charge in [-0.3, -0.25) is 22.9 Å². The van der Waals surface area contributed by atoms with Crippen LogP contribution in [0.4, 0.5) is 8.78 Å². The second-order valence-electron chi connectivity index (χ2n) is 3.68. The van der Waals surface area contributed by atoms with Gasteiger partial charge in [-0.15, -0.1) is 0 Å². The number of carbonyl (C=O) groups is 2. The maximum atomic E-state index is 11.8. The number of halogens is 2. The minimum absolute atomic E-state index is 0.0662. The highest BCUT2D eigenvalue weighted by molar-refractivity contribution is 7.87. The quantitative estimate of drug-likeness (QED) is 0.354. The van der Waals surface area contributed by atoms with E-state index in [1.54, 1.807) is 0 Å². The summed E-state index contributed by atoms with van der Waals surface area (Å²) in [4.78, 5) is 22.6. The van der Waals surface area contributed by atoms with Gasteiger partial charge >= 0.3 is 11.9 Å². The summed E-state index contributed by atoms with van der Waals surface area (Å²) in [7, 11) is -4.87. The molecule has 0 radical (unpaired) electrons. The minimum atomic E-state index is -4.87. The van der Waals surface area contributed by atoms with Crippen molar-refractivity contribution in [2.45, 2.75) is 24.5 Å². The lowest BCUT2D eigenvalue weighted by molar-refractivity contribution is -0.150. The zero-order valence-electron chi connectivity index (χ0n) is 10.6. The van der Waals surface area contributed by atoms with E-state index in [0.717, 1.165) is 0 Å². The van der Waals surface area contributed by atoms with E-state index < -0.39 is 47.1 Å². The third kappa shape index (κ3) is 8.00. The van der Waals surface area contributed by atoms with Crippen LogP contribution in [-0.4, -0.2) is 56.7 Å². The first kappa shape index (κ1) is 18.7. The van der Waals surface area contributed by atoms with Gasteiger partial charge in [-0.1, -0.05) is 0 Å². The maximum absolute atomic E-state index is 11.8. The van der Waals surface area contributed by atoms with Gasteiger partial charge < -0.3 is 9.47 Å². The molecular formula is C10H16F2O7S. The van der Waals surface area contributed by atoms with E-state index in [9.17, 15) is 26.8 Å². The summed E-state index contributed by atoms with van der Waals surface area (Å²) in [6.07, 6.45) is -1.16. The molecule has 0 bridgehead atoms. The van der Waals surface area contributed by atoms with Gasteiger partial charge in [0.15, 0.2) is 5.25 Å². The van der Waals surface area contributed by atoms with Gasteiger partial charge in [-0.2, -0.15) is 8.42 Å². The number of ether oxygens (including phenoxy) is 2. The van der Waals surface area contributed by atoms with Gasteiger partial charge in [-0.05, 0) is 0 Å². The van der Waals surface area contributed by atoms with Gasteiger partial charge in [0.25, 0.3) is 10.1 Å². The van der Waals surface area contributed by atoms with Gasteiger partial charge in [-0.25, -0.2) is 0 Å². The van der Waals surface area contributed by atoms with Crippen LogP contribution in [0, 0.1) is 0 Å². The summed E-state index contributed by atoms with van der Waals surface area (Å²) >= 11 is 0. The number of hydrogen-bond donors (Lipinski definition) is 1. The predicted octanol–water partition coefficient (Wildman–Crippen LogP) is 0.438. The Kier molecular flexibility index (Phi) is 8.97. The van der Waals surface area contributed by atoms with Crippen LogP contribution in [-0.2, 0) is 29.2 Å². The van der Waals surface area contributed by atoms with Crippen molar-refractivity contribution in [1.29, 1.82) is 0 Å². The smallest absolute Gasteiger partial charge is 0.327 e. The van der Waals surface area contributed by atoms with E-state index in [4.69, 9.17) is 4.55 Å². The standard InChI is InChI=1S/C10H16F2O7S/c11-3-1-5-18-9(13)7-8(20(15,16)17)10(14)19-6-2-4-12/h8H,1-7H2,(H,15,16,17). The maximum Gasteiger partial charge on any atom is 0.327 e. The molecule has 0 aromatic rings. The largest absolute Gasteiger partial charge is 0.466 e. The van der Waals surface area contributed by atoms with Gasteiger partial charge in [0.2, 0.25) is 0 Å². The number of carbonyl (C=O) groups excluding carboxylic acids is 2. The van der Waals surface area contributed by atoms with Crippen molar-refractivity contribution >= 4 is 22.1 Å². The van der Waals surface area contributed by atoms with Crippen LogP contribution in [0.1, 0.15) is 19.3 Å². The van der Waals surface area contributed by atoms with E-state index in [2.05, 4.69) is 9.47 Å². The summed E-state index contributed by atoms with van der Waals surface area (Å²) in [6.45, 7) is -2.14. The first-order valence-corrected chi connectivity index (χ1v) is 7.23. The lowest BCUT2D eigenvalue weighted by atomic mass is 10.3. The molecule has 7 nitrogen and oxygen atoms in total. The molecule has 20 heavy (non-hydrogen) atoms. The fraction of sp³-hybridized carbons (Fsp3) is 0.800. The Morgan fingerprint density at radius 3 is 2.00 bits per heavy atom. The van der Waals surface area contributed by atoms with Crippen molar-refractivity contribution in [1.82, 2.24) is 0 Å². The Hall–Kier alpha value is -1.29. The Morgan fingerprint density at radius 2 is 1.55 bits per heavy atom. The van der Waals surface area contributed by atoms with Crippen molar-refractivity contribution < 1.29 is 40.8 Å². The fourth-order valence-corrected chi connectivity index (χ4v) is 1.74. The number of rotatable bonds is 10. The first-order valence-electron chi connectivity index (χ1n) is 5.73. The van der Waals surface area contributed by atoms with E-state index >= 15 is 0 Å². The molecule has 0 spiro atoms. The molecule has 0 fully saturated rings. The Balaban J connectivity index is 4.50. The van der Waals surface area contributed by atoms with Crippen molar-refractivity contribution in [3.63, 3.8) is 0 Å². The molecule has 0 saturated heterocycles. The Bertz CT molecular complexity index is 410. The van der Waals surface area contributed by atoms with Crippen LogP contribution < -0.4 is 0 Å². The molecule has 0 aliphatic carbocycles. The molecule has 0 amide bonds. The minimum Gasteiger partial charge on any atom is -0.466 e. The first-order chi connectivity index (χ1) is 9.32. The predicted molar refractivity (Wildman–Crippen MR) is 63.1 cm³/mol. The summed E-state index contributed by atoms with van der Waals surface area (Å²) in [5, 5.41) is -2.14. The summed E-state index contributed by atoms with van der Waals surface area (Å²) in [5.74, 6) is -2.47. The average molecular weight is 318 g/mol. The topological polar surface area (TPSA) is 107 Å². The zero-order chi connectivity index (χ0) is 15.6. The lowest BCUT2D eigenvalue weighted by Gasteiger charge is -2.12. The monoisotopic (exact) mass is 318 g/mol. The van der Waals surface area contributed by atoms with E-state index in [-0.39, 0.29) is 26.1 Å². The van der Waals surface area contributed by atoms with Crippen LogP contribution in [0.25, 0.3) is 0 Å². The average Bonchev–Trinajstić information content (AvgIpc) is 2.35. The highest BCUT2D eigenvalue weighted by Gasteiger charge is 2.35. The normalized spacial score (nSPS) is 12.8. The lowest BCUT2D eigenvalue weighted by Crippen LogP contribution is -2.34. The molecular weight excluding hydrogens is 302 g/mol. The molecule has 0 aromatic heterocycles. The summed E-state index contributed by atoms with van der Waals surface area (Å²) < 4.78 is 63.3. The van der Waals surface area contributed by atoms with E-state index in [1.807, 2.05) is 0 Å². The van der Waals surface area contributed by atoms with Crippen molar-refractivity contribution in [2.24, 2.45) is 0 Å². The van der Waals surface area contributed by atoms with Crippen LogP contribution in [0.3, 0.4) is 0 Å². The van der Waals surface area contributed by atoms with Gasteiger partial charge in [0.05, 0.1) is 33.0 Å². The molecule has 0 heterocycles. The number of esters is 2. The molecule has 0 aliphatic heterocycles. The second-order valence-corrected chi connectivity index (χ2v) is 5.28. The molecule has 0 aliphatic rings. The summed E-state index contributed by atoms with van der Waals surface area (Å²) in [6, 6.07) is 0. The van der Waals surface area contributed by atoms with Gasteiger partial charge in [0.1, 0.15) is 0 Å². The third-order valence-electron chi connectivity index (χ3n) is 2.04. The second kappa shape index (κ2) is 9.59. The molecule has 118 valence electrons. The highest BCUT2D eigenvalue weighted by atomic mass is 32.2. The molecule has 1 unspecified atom stereocenters. The van der Waals surface area contributed by atoms with E-state index in [0.29, 0.717) is 0 Å². The summed E-state index contributed by atoms with van der Waals surface area (Å²) in [5.41, 5.74) is 0. The third-order valence-corrected chi connectivity index (χ3v) is 3.12. The molecule has 10 heteroatoms. The Morgan fingerprint density at radius 1 is 1.05 bits per heavy atom. The van der Waals surface area contributed by atoms with Crippen LogP contribution in [0.15, 0.2) is 0 Å². The van der Waals surface area contributed by atoms with Crippen molar-refractivity contribution in [3.05, 3.63) is 0 Å². The zero-order valence-corrected chi connectivity index (χ0v) is 11.4. The van der Waals surface area contributed by atoms with E-state index in [1.165, 1.54) is 0 Å².